The molecule has 0 saturated heterocycles. The highest BCUT2D eigenvalue weighted by Gasteiger charge is 2.23. The van der Waals surface area contributed by atoms with Gasteiger partial charge >= 0.3 is 0 Å². The van der Waals surface area contributed by atoms with E-state index in [2.05, 4.69) is 4.72 Å². The Morgan fingerprint density at radius 2 is 2.09 bits per heavy atom. The molecular weight excluding hydrogens is 314 g/mol. The van der Waals surface area contributed by atoms with Crippen LogP contribution in [0.2, 0.25) is 0 Å². The Kier molecular flexibility index (Phi) is 5.74. The first-order valence-corrected chi connectivity index (χ1v) is 9.17. The van der Waals surface area contributed by atoms with Gasteiger partial charge in [0.15, 0.2) is 0 Å². The molecule has 0 atom stereocenters. The van der Waals surface area contributed by atoms with Crippen molar-refractivity contribution in [2.24, 2.45) is 0 Å². The molecule has 0 unspecified atom stereocenters. The molecule has 1 saturated carbocycles. The van der Waals surface area contributed by atoms with E-state index in [1.54, 1.807) is 19.2 Å². The molecule has 7 heteroatoms. The number of carbonyl (C=O) groups is 1. The van der Waals surface area contributed by atoms with Crippen molar-refractivity contribution in [2.75, 3.05) is 13.6 Å². The fraction of sp³-hybridized carbons (Fsp3) is 0.500. The highest BCUT2D eigenvalue weighted by Crippen LogP contribution is 2.21. The van der Waals surface area contributed by atoms with Crippen molar-refractivity contribution >= 4 is 15.9 Å². The molecular formula is C16H21N3O3S. The van der Waals surface area contributed by atoms with Gasteiger partial charge in [0.25, 0.3) is 5.91 Å². The lowest BCUT2D eigenvalue weighted by atomic mass is 10.2. The van der Waals surface area contributed by atoms with E-state index >= 15 is 0 Å². The summed E-state index contributed by atoms with van der Waals surface area (Å²) in [6, 6.07) is 7.99. The lowest BCUT2D eigenvalue weighted by molar-refractivity contribution is 0.0798. The molecule has 124 valence electrons. The van der Waals surface area contributed by atoms with Crippen LogP contribution < -0.4 is 4.72 Å². The lowest BCUT2D eigenvalue weighted by Gasteiger charge is -2.17. The van der Waals surface area contributed by atoms with Crippen LogP contribution >= 0.6 is 0 Å². The summed E-state index contributed by atoms with van der Waals surface area (Å²) >= 11 is 0. The summed E-state index contributed by atoms with van der Waals surface area (Å²) in [5.74, 6) is -0.293. The molecule has 0 radical (unpaired) electrons. The Hall–Kier alpha value is -1.91. The Bertz CT molecular complexity index is 704. The van der Waals surface area contributed by atoms with Crippen LogP contribution in [0.1, 0.15) is 42.5 Å². The van der Waals surface area contributed by atoms with Crippen molar-refractivity contribution in [3.8, 4) is 6.07 Å². The first-order valence-electron chi connectivity index (χ1n) is 7.69. The van der Waals surface area contributed by atoms with Gasteiger partial charge in [-0.2, -0.15) is 5.26 Å². The fourth-order valence-corrected chi connectivity index (χ4v) is 4.02. The topological polar surface area (TPSA) is 90.3 Å². The van der Waals surface area contributed by atoms with Gasteiger partial charge in [0.2, 0.25) is 10.0 Å². The van der Waals surface area contributed by atoms with Crippen LogP contribution in [0.15, 0.2) is 29.2 Å². The van der Waals surface area contributed by atoms with Gasteiger partial charge in [-0.3, -0.25) is 4.79 Å². The molecule has 0 aromatic heterocycles. The second-order valence-electron chi connectivity index (χ2n) is 5.77. The van der Waals surface area contributed by atoms with Crippen molar-refractivity contribution in [3.63, 3.8) is 0 Å². The van der Waals surface area contributed by atoms with E-state index < -0.39 is 10.0 Å². The zero-order valence-corrected chi connectivity index (χ0v) is 14.0. The Morgan fingerprint density at radius 1 is 1.39 bits per heavy atom. The van der Waals surface area contributed by atoms with E-state index in [0.29, 0.717) is 12.1 Å². The largest absolute Gasteiger partial charge is 0.341 e. The molecule has 1 aliphatic rings. The molecule has 0 heterocycles. The summed E-state index contributed by atoms with van der Waals surface area (Å²) in [6.45, 7) is 0.312. The Labute approximate surface area is 137 Å². The minimum atomic E-state index is -3.62. The number of nitrogens with one attached hydrogen (secondary N) is 1. The van der Waals surface area contributed by atoms with E-state index in [1.165, 1.54) is 17.0 Å². The molecule has 1 fully saturated rings. The van der Waals surface area contributed by atoms with Gasteiger partial charge in [0.1, 0.15) is 0 Å². The van der Waals surface area contributed by atoms with Crippen LogP contribution in [0, 0.1) is 11.3 Å². The van der Waals surface area contributed by atoms with Gasteiger partial charge in [-0.1, -0.05) is 18.9 Å². The number of rotatable bonds is 6. The molecule has 1 aromatic carbocycles. The van der Waals surface area contributed by atoms with E-state index in [1.807, 2.05) is 6.07 Å². The first-order chi connectivity index (χ1) is 10.9. The molecule has 0 aliphatic heterocycles. The summed E-state index contributed by atoms with van der Waals surface area (Å²) in [5, 5.41) is 8.58. The molecule has 6 nitrogen and oxygen atoms in total. The zero-order chi connectivity index (χ0) is 16.9. The average Bonchev–Trinajstić information content (AvgIpc) is 3.04. The maximum atomic E-state index is 12.4. The maximum absolute atomic E-state index is 12.4. The third kappa shape index (κ3) is 4.53. The molecule has 23 heavy (non-hydrogen) atoms. The van der Waals surface area contributed by atoms with Gasteiger partial charge in [-0.25, -0.2) is 13.1 Å². The van der Waals surface area contributed by atoms with Crippen LogP contribution in [0.4, 0.5) is 0 Å². The quantitative estimate of drug-likeness (QED) is 0.859. The van der Waals surface area contributed by atoms with Gasteiger partial charge in [0, 0.05) is 25.2 Å². The van der Waals surface area contributed by atoms with Crippen LogP contribution in [0.3, 0.4) is 0 Å². The molecule has 0 spiro atoms. The Morgan fingerprint density at radius 3 is 2.74 bits per heavy atom. The summed E-state index contributed by atoms with van der Waals surface area (Å²) in [6.07, 6.45) is 4.03. The SMILES string of the molecule is CN(CCC#N)C(=O)c1cccc(S(=O)(=O)NC2CCCC2)c1. The molecule has 1 N–H and O–H groups in total. The van der Waals surface area contributed by atoms with Gasteiger partial charge in [0.05, 0.1) is 17.4 Å². The number of nitriles is 1. The molecule has 1 aromatic rings. The number of hydrogen-bond acceptors (Lipinski definition) is 4. The number of nitrogens with zero attached hydrogens (tertiary/aromatic N) is 2. The normalized spacial score (nSPS) is 15.3. The Balaban J connectivity index is 2.15. The lowest BCUT2D eigenvalue weighted by Crippen LogP contribution is -2.33. The number of benzene rings is 1. The summed E-state index contributed by atoms with van der Waals surface area (Å²) in [4.78, 5) is 13.8. The van der Waals surface area contributed by atoms with Crippen LogP contribution in [0.5, 0.6) is 0 Å². The second kappa shape index (κ2) is 7.57. The van der Waals surface area contributed by atoms with Gasteiger partial charge in [-0.15, -0.1) is 0 Å². The zero-order valence-electron chi connectivity index (χ0n) is 13.2. The highest BCUT2D eigenvalue weighted by molar-refractivity contribution is 7.89. The number of sulfonamides is 1. The summed E-state index contributed by atoms with van der Waals surface area (Å²) < 4.78 is 27.6. The minimum Gasteiger partial charge on any atom is -0.341 e. The monoisotopic (exact) mass is 335 g/mol. The average molecular weight is 335 g/mol. The summed E-state index contributed by atoms with van der Waals surface area (Å²) in [7, 11) is -2.02. The maximum Gasteiger partial charge on any atom is 0.253 e. The minimum absolute atomic E-state index is 0.0161. The van der Waals surface area contributed by atoms with E-state index in [9.17, 15) is 13.2 Å². The molecule has 1 aliphatic carbocycles. The van der Waals surface area contributed by atoms with Crippen molar-refractivity contribution in [1.82, 2.24) is 9.62 Å². The highest BCUT2D eigenvalue weighted by atomic mass is 32.2. The third-order valence-corrected chi connectivity index (χ3v) is 5.49. The van der Waals surface area contributed by atoms with E-state index in [4.69, 9.17) is 5.26 Å². The fourth-order valence-electron chi connectivity index (χ4n) is 2.67. The molecule has 1 amide bonds. The molecule has 0 bridgehead atoms. The van der Waals surface area contributed by atoms with Crippen LogP contribution in [-0.2, 0) is 10.0 Å². The predicted molar refractivity (Wildman–Crippen MR) is 86.2 cm³/mol. The summed E-state index contributed by atoms with van der Waals surface area (Å²) in [5.41, 5.74) is 0.305. The van der Waals surface area contributed by atoms with E-state index in [-0.39, 0.29) is 23.3 Å². The molecule has 2 rings (SSSR count). The van der Waals surface area contributed by atoms with Crippen molar-refractivity contribution in [3.05, 3.63) is 29.8 Å². The van der Waals surface area contributed by atoms with Crippen molar-refractivity contribution in [2.45, 2.75) is 43.0 Å². The van der Waals surface area contributed by atoms with Crippen molar-refractivity contribution < 1.29 is 13.2 Å². The third-order valence-electron chi connectivity index (χ3n) is 3.97. The number of hydrogen-bond donors (Lipinski definition) is 1. The van der Waals surface area contributed by atoms with Gasteiger partial charge in [-0.05, 0) is 31.0 Å². The first kappa shape index (κ1) is 17.4. The van der Waals surface area contributed by atoms with E-state index in [0.717, 1.165) is 25.7 Å². The van der Waals surface area contributed by atoms with Gasteiger partial charge < -0.3 is 4.90 Å². The van der Waals surface area contributed by atoms with Crippen LogP contribution in [-0.4, -0.2) is 38.9 Å². The van der Waals surface area contributed by atoms with Crippen LogP contribution in [0.25, 0.3) is 0 Å². The smallest absolute Gasteiger partial charge is 0.253 e. The number of amides is 1. The standard InChI is InChI=1S/C16H21N3O3S/c1-19(11-5-10-17)16(20)13-6-4-9-15(12-13)23(21,22)18-14-7-2-3-8-14/h4,6,9,12,14,18H,2-3,5,7-8,11H2,1H3. The predicted octanol–water partition coefficient (Wildman–Crippen LogP) is 1.89. The second-order valence-corrected chi connectivity index (χ2v) is 7.48. The van der Waals surface area contributed by atoms with Crippen molar-refractivity contribution in [1.29, 1.82) is 5.26 Å². The number of carbonyl (C=O) groups excluding carboxylic acids is 1.